The summed E-state index contributed by atoms with van der Waals surface area (Å²) in [4.78, 5) is 39.9. The van der Waals surface area contributed by atoms with Gasteiger partial charge < -0.3 is 24.0 Å². The lowest BCUT2D eigenvalue weighted by Gasteiger charge is -2.37. The lowest BCUT2D eigenvalue weighted by molar-refractivity contribution is -0.140. The molecule has 0 radical (unpaired) electrons. The monoisotopic (exact) mass is 833 g/mol. The summed E-state index contributed by atoms with van der Waals surface area (Å²) in [6, 6.07) is 30.0. The number of benzene rings is 4. The second-order valence-corrected chi connectivity index (χ2v) is 15.2. The zero-order valence-electron chi connectivity index (χ0n) is 33.9. The fraction of sp³-hybridized carbons (Fsp3) is 0.362. The van der Waals surface area contributed by atoms with Gasteiger partial charge in [-0.1, -0.05) is 42.5 Å². The van der Waals surface area contributed by atoms with Crippen molar-refractivity contribution in [2.75, 3.05) is 46.5 Å². The molecule has 4 aromatic carbocycles. The molecule has 6 rings (SSSR count). The van der Waals surface area contributed by atoms with Gasteiger partial charge >= 0.3 is 5.97 Å². The van der Waals surface area contributed by atoms with Crippen molar-refractivity contribution in [1.29, 1.82) is 15.8 Å². The number of likely N-dealkylation sites (tertiary alicyclic amines) is 2. The van der Waals surface area contributed by atoms with Crippen LogP contribution < -0.4 is 9.47 Å². The van der Waals surface area contributed by atoms with Crippen molar-refractivity contribution in [1.82, 2.24) is 9.80 Å². The highest BCUT2D eigenvalue weighted by Crippen LogP contribution is 2.36. The number of hydrogen-bond donors (Lipinski definition) is 0. The number of nitriles is 3. The number of esters is 1. The Morgan fingerprint density at radius 1 is 0.672 bits per heavy atom. The van der Waals surface area contributed by atoms with Crippen LogP contribution in [0.4, 0.5) is 13.2 Å². The van der Waals surface area contributed by atoms with Crippen LogP contribution in [0.15, 0.2) is 91.0 Å². The van der Waals surface area contributed by atoms with E-state index in [-0.39, 0.29) is 60.4 Å². The molecule has 2 aliphatic heterocycles. The Kier molecular flexibility index (Phi) is 15.9. The molecule has 0 bridgehead atoms. The Labute approximate surface area is 353 Å². The summed E-state index contributed by atoms with van der Waals surface area (Å²) < 4.78 is 55.6. The molecular formula is C47H46F3N5O6. The van der Waals surface area contributed by atoms with Gasteiger partial charge in [0.05, 0.1) is 35.6 Å². The van der Waals surface area contributed by atoms with Gasteiger partial charge in [0.25, 0.3) is 11.8 Å². The van der Waals surface area contributed by atoms with E-state index < -0.39 is 16.6 Å². The Morgan fingerprint density at radius 3 is 1.62 bits per heavy atom. The number of carbonyl (C=O) groups is 3. The lowest BCUT2D eigenvalue weighted by atomic mass is 9.75. The number of aryl methyl sites for hydroxylation is 1. The molecule has 2 heterocycles. The molecule has 4 aromatic rings. The molecule has 2 fully saturated rings. The van der Waals surface area contributed by atoms with Crippen molar-refractivity contribution in [2.45, 2.75) is 51.4 Å². The van der Waals surface area contributed by atoms with Crippen LogP contribution >= 0.6 is 0 Å². The van der Waals surface area contributed by atoms with Crippen LogP contribution in [-0.4, -0.2) is 74.1 Å². The molecule has 0 aliphatic carbocycles. The number of carbonyl (C=O) groups excluding carboxylic acids is 3. The summed E-state index contributed by atoms with van der Waals surface area (Å²) in [6.07, 6.45) is 3.89. The number of ether oxygens (including phenoxy) is 3. The van der Waals surface area contributed by atoms with E-state index in [9.17, 15) is 38.1 Å². The summed E-state index contributed by atoms with van der Waals surface area (Å²) in [7, 11) is 1.35. The molecule has 11 nitrogen and oxygen atoms in total. The van der Waals surface area contributed by atoms with Crippen LogP contribution in [0.25, 0.3) is 0 Å². The average molecular weight is 834 g/mol. The number of rotatable bonds is 13. The maximum atomic E-state index is 13.6. The minimum Gasteiger partial charge on any atom is -0.484 e. The predicted molar refractivity (Wildman–Crippen MR) is 217 cm³/mol. The molecule has 2 aliphatic rings. The van der Waals surface area contributed by atoms with Crippen LogP contribution in [0, 0.1) is 62.3 Å². The van der Waals surface area contributed by atoms with Gasteiger partial charge in [-0.15, -0.1) is 0 Å². The number of hydrogen-bond acceptors (Lipinski definition) is 9. The van der Waals surface area contributed by atoms with E-state index >= 15 is 0 Å². The third kappa shape index (κ3) is 12.8. The minimum atomic E-state index is -0.699. The summed E-state index contributed by atoms with van der Waals surface area (Å²) in [5.74, 6) is -1.25. The van der Waals surface area contributed by atoms with E-state index in [1.807, 2.05) is 18.2 Å². The summed E-state index contributed by atoms with van der Waals surface area (Å²) in [6.45, 7) is 1.43. The molecule has 316 valence electrons. The first kappa shape index (κ1) is 45.2. The average Bonchev–Trinajstić information content (AvgIpc) is 3.29. The normalized spacial score (nSPS) is 15.1. The molecule has 0 saturated carbocycles. The Morgan fingerprint density at radius 2 is 1.16 bits per heavy atom. The van der Waals surface area contributed by atoms with Crippen LogP contribution in [0.1, 0.15) is 54.4 Å². The molecule has 0 aromatic heterocycles. The van der Waals surface area contributed by atoms with E-state index in [0.717, 1.165) is 22.8 Å². The molecule has 0 spiro atoms. The second-order valence-electron chi connectivity index (χ2n) is 15.2. The second kappa shape index (κ2) is 21.4. The molecule has 14 heteroatoms. The molecule has 0 atom stereocenters. The first-order valence-corrected chi connectivity index (χ1v) is 19.9. The largest absolute Gasteiger partial charge is 0.484 e. The van der Waals surface area contributed by atoms with Gasteiger partial charge in [-0.05, 0) is 104 Å². The summed E-state index contributed by atoms with van der Waals surface area (Å²) >= 11 is 0. The molecular weight excluding hydrogens is 788 g/mol. The SMILES string of the molecule is COC(=O)CCc1ccccc1OCC(=O)N1CCC(C#N)(Cc2ccc(F)cc2)CC1.N#Cc1ccc(OCC(=O)N2CCC(C#N)(Cc3ccc(F)cc3)CC2)cc1F. The van der Waals surface area contributed by atoms with Gasteiger partial charge in [-0.25, -0.2) is 13.2 Å². The molecule has 0 unspecified atom stereocenters. The lowest BCUT2D eigenvalue weighted by Crippen LogP contribution is -2.45. The first-order valence-electron chi connectivity index (χ1n) is 19.9. The fourth-order valence-electron chi connectivity index (χ4n) is 7.34. The van der Waals surface area contributed by atoms with Crippen molar-refractivity contribution in [2.24, 2.45) is 10.8 Å². The number of amides is 2. The van der Waals surface area contributed by atoms with Crippen molar-refractivity contribution >= 4 is 17.8 Å². The number of piperidine rings is 2. The van der Waals surface area contributed by atoms with Crippen molar-refractivity contribution in [3.8, 4) is 29.7 Å². The molecule has 2 saturated heterocycles. The van der Waals surface area contributed by atoms with Gasteiger partial charge in [0.2, 0.25) is 0 Å². The highest BCUT2D eigenvalue weighted by molar-refractivity contribution is 5.78. The smallest absolute Gasteiger partial charge is 0.305 e. The van der Waals surface area contributed by atoms with Crippen molar-refractivity contribution < 1.29 is 41.8 Å². The first-order chi connectivity index (χ1) is 29.4. The Hall–Kier alpha value is -6.85. The van der Waals surface area contributed by atoms with E-state index in [2.05, 4.69) is 16.9 Å². The zero-order chi connectivity index (χ0) is 43.8. The van der Waals surface area contributed by atoms with Crippen LogP contribution in [0.3, 0.4) is 0 Å². The number of halogens is 3. The van der Waals surface area contributed by atoms with Crippen molar-refractivity contribution in [3.05, 3.63) is 131 Å². The summed E-state index contributed by atoms with van der Waals surface area (Å²) in [5.41, 5.74) is 1.40. The zero-order valence-corrected chi connectivity index (χ0v) is 33.9. The maximum Gasteiger partial charge on any atom is 0.305 e. The van der Waals surface area contributed by atoms with Crippen molar-refractivity contribution in [3.63, 3.8) is 0 Å². The van der Waals surface area contributed by atoms with Gasteiger partial charge in [-0.2, -0.15) is 15.8 Å². The predicted octanol–water partition coefficient (Wildman–Crippen LogP) is 7.28. The standard InChI is InChI=1S/C25H27FN2O4.C22H19F2N3O2/c1-31-24(30)11-8-20-4-2-3-5-22(20)32-17-23(29)28-14-12-25(18-27,13-15-28)16-19-6-9-21(26)10-7-19;23-18-4-1-16(2-5-18)12-22(15-26)7-9-27(10-8-22)21(28)14-29-19-6-3-17(13-25)20(24)11-19/h2-7,9-10H,8,11-17H2,1H3;1-6,11H,7-10,12,14H2. The van der Waals surface area contributed by atoms with E-state index in [1.165, 1.54) is 43.5 Å². The Bertz CT molecular complexity index is 2270. The third-order valence-electron chi connectivity index (χ3n) is 11.1. The molecule has 2 amide bonds. The number of methoxy groups -OCH3 is 1. The van der Waals surface area contributed by atoms with Gasteiger partial charge in [0.15, 0.2) is 13.2 Å². The highest BCUT2D eigenvalue weighted by Gasteiger charge is 2.37. The molecule has 0 N–H and O–H groups in total. The fourth-order valence-corrected chi connectivity index (χ4v) is 7.34. The Balaban J connectivity index is 0.000000232. The van der Waals surface area contributed by atoms with Crippen LogP contribution in [0.2, 0.25) is 0 Å². The van der Waals surface area contributed by atoms with E-state index in [0.29, 0.717) is 76.9 Å². The van der Waals surface area contributed by atoms with E-state index in [4.69, 9.17) is 14.7 Å². The topological polar surface area (TPSA) is 157 Å². The maximum absolute atomic E-state index is 13.6. The van der Waals surface area contributed by atoms with E-state index in [1.54, 1.807) is 46.2 Å². The quantitative estimate of drug-likeness (QED) is 0.126. The van der Waals surface area contributed by atoms with Crippen LogP contribution in [-0.2, 0) is 38.4 Å². The van der Waals surface area contributed by atoms with Gasteiger partial charge in [-0.3, -0.25) is 14.4 Å². The summed E-state index contributed by atoms with van der Waals surface area (Å²) in [5, 5.41) is 28.2. The third-order valence-corrected chi connectivity index (χ3v) is 11.1. The van der Waals surface area contributed by atoms with Gasteiger partial charge in [0.1, 0.15) is 35.0 Å². The number of nitrogens with zero attached hydrogens (tertiary/aromatic N) is 5. The highest BCUT2D eigenvalue weighted by atomic mass is 19.1. The number of para-hydroxylation sites is 1. The minimum absolute atomic E-state index is 0.0892. The molecule has 61 heavy (non-hydrogen) atoms. The van der Waals surface area contributed by atoms with Gasteiger partial charge in [0, 0.05) is 38.7 Å². The van der Waals surface area contributed by atoms with Crippen LogP contribution in [0.5, 0.6) is 11.5 Å².